The molecule has 0 heterocycles. The molecule has 0 aromatic carbocycles. The van der Waals surface area contributed by atoms with Gasteiger partial charge in [-0.05, 0) is 39.0 Å². The summed E-state index contributed by atoms with van der Waals surface area (Å²) in [6.45, 7) is 5.39. The molecule has 0 aliphatic heterocycles. The number of hydrogen-bond donors (Lipinski definition) is 1. The first-order valence-electron chi connectivity index (χ1n) is 5.93. The molecular weight excluding hydrogens is 220 g/mol. The van der Waals surface area contributed by atoms with Crippen molar-refractivity contribution in [3.05, 3.63) is 12.2 Å². The number of fused-ring (bicyclic) bond motifs is 2. The molecule has 2 aliphatic carbocycles. The van der Waals surface area contributed by atoms with E-state index in [1.807, 2.05) is 12.2 Å². The lowest BCUT2D eigenvalue weighted by Crippen LogP contribution is -2.37. The molecule has 2 rings (SSSR count). The Morgan fingerprint density at radius 3 is 2.18 bits per heavy atom. The molecule has 1 saturated carbocycles. The van der Waals surface area contributed by atoms with Crippen LogP contribution >= 0.6 is 0 Å². The maximum atomic E-state index is 12.0. The van der Waals surface area contributed by atoms with Crippen molar-refractivity contribution in [1.29, 1.82) is 0 Å². The highest BCUT2D eigenvalue weighted by Crippen LogP contribution is 2.48. The average Bonchev–Trinajstić information content (AvgIpc) is 2.72. The Kier molecular flexibility index (Phi) is 2.76. The monoisotopic (exact) mass is 238 g/mol. The second-order valence-electron chi connectivity index (χ2n) is 5.87. The maximum absolute atomic E-state index is 12.0. The number of rotatable bonds is 2. The van der Waals surface area contributed by atoms with Crippen LogP contribution in [0, 0.1) is 23.7 Å². The van der Waals surface area contributed by atoms with Crippen molar-refractivity contribution in [2.45, 2.75) is 32.8 Å². The van der Waals surface area contributed by atoms with Crippen LogP contribution in [-0.4, -0.2) is 22.6 Å². The fraction of sp³-hybridized carbons (Fsp3) is 0.692. The van der Waals surface area contributed by atoms with Crippen LogP contribution in [0.2, 0.25) is 0 Å². The van der Waals surface area contributed by atoms with Crippen LogP contribution in [0.3, 0.4) is 0 Å². The zero-order chi connectivity index (χ0) is 12.8. The van der Waals surface area contributed by atoms with Crippen LogP contribution in [0.5, 0.6) is 0 Å². The Bertz CT molecular complexity index is 377. The van der Waals surface area contributed by atoms with Gasteiger partial charge in [-0.1, -0.05) is 12.2 Å². The van der Waals surface area contributed by atoms with Crippen molar-refractivity contribution < 1.29 is 19.4 Å². The molecule has 0 aromatic heterocycles. The molecule has 0 amide bonds. The standard InChI is InChI=1S/C13H18O4/c1-13(2,3)17-12(16)10-8-5-4-7(6-8)9(10)11(14)15/h4-5,7-10H,6H2,1-3H3,(H,14,15)/t7-,8+,9-,10+/m1/s1. The van der Waals surface area contributed by atoms with Crippen LogP contribution in [0.15, 0.2) is 12.2 Å². The highest BCUT2D eigenvalue weighted by molar-refractivity contribution is 5.83. The smallest absolute Gasteiger partial charge is 0.310 e. The molecular formula is C13H18O4. The van der Waals surface area contributed by atoms with Gasteiger partial charge in [-0.15, -0.1) is 0 Å². The molecule has 0 aromatic rings. The Morgan fingerprint density at radius 1 is 1.18 bits per heavy atom. The number of carboxylic acid groups (broad SMARTS) is 1. The number of hydrogen-bond acceptors (Lipinski definition) is 3. The second kappa shape index (κ2) is 3.86. The van der Waals surface area contributed by atoms with Gasteiger partial charge in [-0.3, -0.25) is 9.59 Å². The minimum Gasteiger partial charge on any atom is -0.481 e. The maximum Gasteiger partial charge on any atom is 0.310 e. The molecule has 4 nitrogen and oxygen atoms in total. The van der Waals surface area contributed by atoms with Gasteiger partial charge in [0.25, 0.3) is 0 Å². The van der Waals surface area contributed by atoms with Crippen molar-refractivity contribution >= 4 is 11.9 Å². The van der Waals surface area contributed by atoms with E-state index in [-0.39, 0.29) is 17.8 Å². The minimum absolute atomic E-state index is 0.00461. The van der Waals surface area contributed by atoms with E-state index < -0.39 is 23.4 Å². The van der Waals surface area contributed by atoms with Gasteiger partial charge in [0.2, 0.25) is 0 Å². The zero-order valence-corrected chi connectivity index (χ0v) is 10.3. The lowest BCUT2D eigenvalue weighted by molar-refractivity contribution is -0.167. The highest BCUT2D eigenvalue weighted by Gasteiger charge is 2.52. The number of aliphatic carboxylic acids is 1. The Hall–Kier alpha value is -1.32. The van der Waals surface area contributed by atoms with Gasteiger partial charge in [0, 0.05) is 0 Å². The summed E-state index contributed by atoms with van der Waals surface area (Å²) in [5.74, 6) is -2.35. The van der Waals surface area contributed by atoms with Gasteiger partial charge in [0.15, 0.2) is 0 Å². The Labute approximate surface area is 101 Å². The third kappa shape index (κ3) is 2.21. The van der Waals surface area contributed by atoms with Gasteiger partial charge in [0.1, 0.15) is 5.60 Å². The van der Waals surface area contributed by atoms with Crippen LogP contribution in [0.25, 0.3) is 0 Å². The fourth-order valence-corrected chi connectivity index (χ4v) is 2.85. The van der Waals surface area contributed by atoms with E-state index in [9.17, 15) is 14.7 Å². The van der Waals surface area contributed by atoms with E-state index in [1.165, 1.54) is 0 Å². The van der Waals surface area contributed by atoms with Crippen LogP contribution < -0.4 is 0 Å². The average molecular weight is 238 g/mol. The second-order valence-corrected chi connectivity index (χ2v) is 5.87. The SMILES string of the molecule is CC(C)(C)OC(=O)[C@@H]1[C@H](C(=O)O)[C@@H]2C=C[C@H]1C2. The van der Waals surface area contributed by atoms with Gasteiger partial charge in [0.05, 0.1) is 11.8 Å². The zero-order valence-electron chi connectivity index (χ0n) is 10.3. The van der Waals surface area contributed by atoms with E-state index in [4.69, 9.17) is 4.74 Å². The lowest BCUT2D eigenvalue weighted by Gasteiger charge is -2.27. The van der Waals surface area contributed by atoms with Crippen LogP contribution in [0.4, 0.5) is 0 Å². The van der Waals surface area contributed by atoms with Crippen molar-refractivity contribution in [2.24, 2.45) is 23.7 Å². The van der Waals surface area contributed by atoms with Gasteiger partial charge >= 0.3 is 11.9 Å². The molecule has 2 bridgehead atoms. The number of carbonyl (C=O) groups excluding carboxylic acids is 1. The van der Waals surface area contributed by atoms with E-state index in [0.717, 1.165) is 6.42 Å². The molecule has 17 heavy (non-hydrogen) atoms. The summed E-state index contributed by atoms with van der Waals surface area (Å²) >= 11 is 0. The van der Waals surface area contributed by atoms with E-state index >= 15 is 0 Å². The molecule has 0 spiro atoms. The molecule has 2 aliphatic rings. The topological polar surface area (TPSA) is 63.6 Å². The van der Waals surface area contributed by atoms with Gasteiger partial charge in [-0.2, -0.15) is 0 Å². The molecule has 1 N–H and O–H groups in total. The molecule has 0 radical (unpaired) electrons. The predicted octanol–water partition coefficient (Wildman–Crippen LogP) is 1.85. The van der Waals surface area contributed by atoms with Crippen LogP contribution in [-0.2, 0) is 14.3 Å². The number of carboxylic acids is 1. The third-order valence-corrected chi connectivity index (χ3v) is 3.42. The first kappa shape index (κ1) is 12.1. The van der Waals surface area contributed by atoms with E-state index in [0.29, 0.717) is 0 Å². The fourth-order valence-electron chi connectivity index (χ4n) is 2.85. The quantitative estimate of drug-likeness (QED) is 0.589. The Morgan fingerprint density at radius 2 is 1.71 bits per heavy atom. The summed E-state index contributed by atoms with van der Waals surface area (Å²) in [5, 5.41) is 9.21. The number of allylic oxidation sites excluding steroid dienone is 2. The summed E-state index contributed by atoms with van der Waals surface area (Å²) in [4.78, 5) is 23.3. The summed E-state index contributed by atoms with van der Waals surface area (Å²) in [7, 11) is 0. The summed E-state index contributed by atoms with van der Waals surface area (Å²) in [5.41, 5.74) is -0.564. The van der Waals surface area contributed by atoms with Gasteiger partial charge < -0.3 is 9.84 Å². The highest BCUT2D eigenvalue weighted by atomic mass is 16.6. The molecule has 94 valence electrons. The molecule has 1 fully saturated rings. The predicted molar refractivity (Wildman–Crippen MR) is 61.2 cm³/mol. The first-order chi connectivity index (χ1) is 7.79. The largest absolute Gasteiger partial charge is 0.481 e. The van der Waals surface area contributed by atoms with Crippen molar-refractivity contribution in [2.75, 3.05) is 0 Å². The van der Waals surface area contributed by atoms with Gasteiger partial charge in [-0.25, -0.2) is 0 Å². The summed E-state index contributed by atoms with van der Waals surface area (Å²) in [6, 6.07) is 0. The molecule has 4 heteroatoms. The lowest BCUT2D eigenvalue weighted by atomic mass is 9.83. The van der Waals surface area contributed by atoms with Crippen molar-refractivity contribution in [3.8, 4) is 0 Å². The first-order valence-corrected chi connectivity index (χ1v) is 5.93. The Balaban J connectivity index is 2.17. The van der Waals surface area contributed by atoms with Crippen LogP contribution in [0.1, 0.15) is 27.2 Å². The minimum atomic E-state index is -0.891. The normalized spacial score (nSPS) is 35.0. The molecule has 4 atom stereocenters. The van der Waals surface area contributed by atoms with Crippen molar-refractivity contribution in [1.82, 2.24) is 0 Å². The third-order valence-electron chi connectivity index (χ3n) is 3.42. The number of ether oxygens (including phenoxy) is 1. The van der Waals surface area contributed by atoms with E-state index in [1.54, 1.807) is 20.8 Å². The molecule has 0 saturated heterocycles. The van der Waals surface area contributed by atoms with Crippen molar-refractivity contribution in [3.63, 3.8) is 0 Å². The molecule has 0 unspecified atom stereocenters. The summed E-state index contributed by atoms with van der Waals surface area (Å²) in [6.07, 6.45) is 4.64. The summed E-state index contributed by atoms with van der Waals surface area (Å²) < 4.78 is 5.32. The van der Waals surface area contributed by atoms with E-state index in [2.05, 4.69) is 0 Å². The number of carbonyl (C=O) groups is 2. The number of esters is 1.